The molecule has 4 rings (SSSR count). The third-order valence-electron chi connectivity index (χ3n) is 5.59. The number of carboxylic acid groups (broad SMARTS) is 1. The quantitative estimate of drug-likeness (QED) is 0.141. The van der Waals surface area contributed by atoms with Crippen molar-refractivity contribution in [2.24, 2.45) is 16.5 Å². The van der Waals surface area contributed by atoms with Crippen LogP contribution in [0, 0.1) is 17.0 Å². The maximum atomic E-state index is 15.4. The number of aromatic nitrogens is 1. The van der Waals surface area contributed by atoms with Gasteiger partial charge in [-0.2, -0.15) is 4.39 Å². The lowest BCUT2D eigenvalue weighted by Crippen LogP contribution is -2.32. The van der Waals surface area contributed by atoms with Crippen molar-refractivity contribution in [2.75, 3.05) is 25.9 Å². The van der Waals surface area contributed by atoms with Crippen LogP contribution in [0.5, 0.6) is 28.9 Å². The number of pyridine rings is 1. The van der Waals surface area contributed by atoms with Crippen LogP contribution in [-0.2, 0) is 4.79 Å². The summed E-state index contributed by atoms with van der Waals surface area (Å²) in [4.78, 5) is 21.7. The van der Waals surface area contributed by atoms with Gasteiger partial charge in [0.25, 0.3) is 5.88 Å². The summed E-state index contributed by atoms with van der Waals surface area (Å²) in [5.74, 6) is -5.26. The van der Waals surface area contributed by atoms with E-state index in [4.69, 9.17) is 31.5 Å². The van der Waals surface area contributed by atoms with Crippen molar-refractivity contribution in [1.29, 1.82) is 5.41 Å². The number of thioether (sulfide) groups is 1. The number of aliphatic imine (C=N–C) groups is 1. The molecule has 0 saturated heterocycles. The number of hydrogen-bond acceptors (Lipinski definition) is 10. The molecule has 0 spiro atoms. The molecule has 14 heteroatoms. The van der Waals surface area contributed by atoms with E-state index in [1.165, 1.54) is 36.0 Å². The molecule has 0 fully saturated rings. The van der Waals surface area contributed by atoms with E-state index in [0.717, 1.165) is 0 Å². The Morgan fingerprint density at radius 1 is 1.23 bits per heavy atom. The molecule has 11 nitrogen and oxygen atoms in total. The lowest BCUT2D eigenvalue weighted by atomic mass is 10.1. The first-order chi connectivity index (χ1) is 18.5. The highest BCUT2D eigenvalue weighted by atomic mass is 32.2. The smallest absolute Gasteiger partial charge is 0.321 e. The predicted octanol–water partition coefficient (Wildman–Crippen LogP) is 3.13. The largest absolute Gasteiger partial charge is 0.504 e. The van der Waals surface area contributed by atoms with Crippen molar-refractivity contribution < 1.29 is 33.3 Å². The number of aromatic hydroxyl groups is 1. The Bertz CT molecular complexity index is 1470. The second kappa shape index (κ2) is 11.5. The number of aliphatic carboxylic acids is 1. The lowest BCUT2D eigenvalue weighted by molar-refractivity contribution is -0.137. The van der Waals surface area contributed by atoms with Gasteiger partial charge >= 0.3 is 5.97 Å². The molecule has 2 heterocycles. The molecule has 1 aliphatic rings. The highest BCUT2D eigenvalue weighted by molar-refractivity contribution is 7.99. The number of carbonyl (C=O) groups is 1. The van der Waals surface area contributed by atoms with Gasteiger partial charge in [-0.3, -0.25) is 15.2 Å². The number of nitrogens with two attached hydrogens (primary N) is 2. The molecule has 7 N–H and O–H groups in total. The number of phenols is 1. The second-order valence-corrected chi connectivity index (χ2v) is 9.49. The Balaban J connectivity index is 1.68. The van der Waals surface area contributed by atoms with Crippen LogP contribution in [0.15, 0.2) is 52.5 Å². The van der Waals surface area contributed by atoms with Gasteiger partial charge in [-0.15, -0.1) is 11.8 Å². The van der Waals surface area contributed by atoms with Crippen molar-refractivity contribution in [2.45, 2.75) is 10.9 Å². The van der Waals surface area contributed by atoms with Crippen LogP contribution in [-0.4, -0.2) is 69.7 Å². The number of amidine groups is 2. The van der Waals surface area contributed by atoms with Gasteiger partial charge in [0.1, 0.15) is 23.5 Å². The Morgan fingerprint density at radius 2 is 2.00 bits per heavy atom. The molecule has 2 aromatic carbocycles. The predicted molar refractivity (Wildman–Crippen MR) is 140 cm³/mol. The van der Waals surface area contributed by atoms with E-state index in [2.05, 4.69) is 9.98 Å². The number of phenolic OH excluding ortho intramolecular Hbond substituents is 1. The molecule has 0 bridgehead atoms. The fourth-order valence-corrected chi connectivity index (χ4v) is 4.40. The third-order valence-corrected chi connectivity index (χ3v) is 6.70. The summed E-state index contributed by atoms with van der Waals surface area (Å²) in [5.41, 5.74) is 11.7. The van der Waals surface area contributed by atoms with Crippen molar-refractivity contribution in [3.8, 4) is 28.9 Å². The highest BCUT2D eigenvalue weighted by Crippen LogP contribution is 2.38. The summed E-state index contributed by atoms with van der Waals surface area (Å²) < 4.78 is 41.3. The second-order valence-electron chi connectivity index (χ2n) is 8.40. The average Bonchev–Trinajstić information content (AvgIpc) is 3.33. The maximum absolute atomic E-state index is 15.4. The number of rotatable bonds is 10. The zero-order chi connectivity index (χ0) is 28.3. The average molecular weight is 559 g/mol. The van der Waals surface area contributed by atoms with E-state index < -0.39 is 35.3 Å². The van der Waals surface area contributed by atoms with Gasteiger partial charge in [0.2, 0.25) is 11.6 Å². The van der Waals surface area contributed by atoms with Crippen LogP contribution in [0.4, 0.5) is 8.78 Å². The molecule has 1 aromatic heterocycles. The molecule has 1 atom stereocenters. The number of hydrogen-bond donors (Lipinski definition) is 5. The molecular formula is C25H24F2N6O5S. The first-order valence-corrected chi connectivity index (χ1v) is 12.4. The van der Waals surface area contributed by atoms with Gasteiger partial charge in [0.05, 0.1) is 18.3 Å². The first kappa shape index (κ1) is 27.6. The summed E-state index contributed by atoms with van der Waals surface area (Å²) in [6, 6.07) is 7.48. The van der Waals surface area contributed by atoms with Crippen LogP contribution < -0.4 is 20.9 Å². The molecule has 204 valence electrons. The SMILES string of the molecule is CN1CCN=C1c1cc(SCC(N)C(=O)O)ccc1Oc1c(F)cnc(Oc2cc(C(=N)N)ccc2O)c1F. The third kappa shape index (κ3) is 6.18. The van der Waals surface area contributed by atoms with E-state index in [1.54, 1.807) is 19.2 Å². The van der Waals surface area contributed by atoms with Gasteiger partial charge in [0, 0.05) is 29.8 Å². The van der Waals surface area contributed by atoms with E-state index in [-0.39, 0.29) is 34.4 Å². The zero-order valence-electron chi connectivity index (χ0n) is 20.5. The zero-order valence-corrected chi connectivity index (χ0v) is 21.3. The fourth-order valence-electron chi connectivity index (χ4n) is 3.52. The number of nitrogen functional groups attached to an aromatic ring is 1. The molecular weight excluding hydrogens is 534 g/mol. The summed E-state index contributed by atoms with van der Waals surface area (Å²) >= 11 is 1.20. The molecule has 0 radical (unpaired) electrons. The standard InChI is InChI=1S/C25H24F2N6O5S/c1-33-7-6-31-23(33)14-9-13(39-11-16(28)25(35)36)3-5-18(14)37-21-15(26)10-32-24(20(21)27)38-19-8-12(22(29)30)2-4-17(19)34/h2-5,8-10,16,34H,6-7,11,28H2,1H3,(H3,29,30)(H,35,36). The van der Waals surface area contributed by atoms with Crippen LogP contribution in [0.25, 0.3) is 0 Å². The Hall–Kier alpha value is -4.43. The van der Waals surface area contributed by atoms with E-state index in [9.17, 15) is 14.3 Å². The maximum Gasteiger partial charge on any atom is 0.321 e. The van der Waals surface area contributed by atoms with Gasteiger partial charge in [-0.1, -0.05) is 0 Å². The minimum Gasteiger partial charge on any atom is -0.504 e. The molecule has 39 heavy (non-hydrogen) atoms. The Labute approximate surface area is 225 Å². The summed E-state index contributed by atoms with van der Waals surface area (Å²) in [5, 5.41) is 26.7. The van der Waals surface area contributed by atoms with Crippen molar-refractivity contribution in [3.63, 3.8) is 0 Å². The number of likely N-dealkylation sites (N-methyl/N-ethyl adjacent to an activating group) is 1. The van der Waals surface area contributed by atoms with E-state index in [0.29, 0.717) is 35.6 Å². The topological polar surface area (TPSA) is 180 Å². The minimum atomic E-state index is -1.28. The van der Waals surface area contributed by atoms with Gasteiger partial charge in [-0.05, 0) is 36.4 Å². The van der Waals surface area contributed by atoms with Crippen LogP contribution in [0.2, 0.25) is 0 Å². The van der Waals surface area contributed by atoms with Crippen LogP contribution in [0.3, 0.4) is 0 Å². The van der Waals surface area contributed by atoms with Crippen LogP contribution in [0.1, 0.15) is 11.1 Å². The summed E-state index contributed by atoms with van der Waals surface area (Å²) in [7, 11) is 1.80. The summed E-state index contributed by atoms with van der Waals surface area (Å²) in [6.07, 6.45) is 0.704. The molecule has 1 aliphatic heterocycles. The van der Waals surface area contributed by atoms with E-state index >= 15 is 4.39 Å². The Kier molecular flexibility index (Phi) is 8.16. The number of nitrogens with one attached hydrogen (secondary N) is 1. The molecule has 0 saturated carbocycles. The Morgan fingerprint density at radius 3 is 2.67 bits per heavy atom. The normalized spacial score (nSPS) is 13.6. The van der Waals surface area contributed by atoms with Crippen molar-refractivity contribution in [1.82, 2.24) is 9.88 Å². The highest BCUT2D eigenvalue weighted by Gasteiger charge is 2.25. The fraction of sp³-hybridized carbons (Fsp3) is 0.200. The number of carboxylic acids is 1. The minimum absolute atomic E-state index is 0.0748. The molecule has 0 aliphatic carbocycles. The number of benzene rings is 2. The van der Waals surface area contributed by atoms with Crippen LogP contribution >= 0.6 is 11.8 Å². The van der Waals surface area contributed by atoms with Gasteiger partial charge in [0.15, 0.2) is 17.3 Å². The number of halogens is 2. The monoisotopic (exact) mass is 558 g/mol. The van der Waals surface area contributed by atoms with Gasteiger partial charge in [-0.25, -0.2) is 9.37 Å². The van der Waals surface area contributed by atoms with E-state index in [1.807, 2.05) is 4.90 Å². The van der Waals surface area contributed by atoms with Crippen molar-refractivity contribution >= 4 is 29.4 Å². The molecule has 3 aromatic rings. The van der Waals surface area contributed by atoms with Crippen molar-refractivity contribution in [3.05, 3.63) is 65.4 Å². The van der Waals surface area contributed by atoms with Gasteiger partial charge < -0.3 is 36.1 Å². The number of ether oxygens (including phenoxy) is 2. The first-order valence-electron chi connectivity index (χ1n) is 11.4. The number of nitrogens with zero attached hydrogens (tertiary/aromatic N) is 3. The lowest BCUT2D eigenvalue weighted by Gasteiger charge is -2.19. The molecule has 1 unspecified atom stereocenters. The molecule has 0 amide bonds. The summed E-state index contributed by atoms with van der Waals surface area (Å²) in [6.45, 7) is 1.13.